The fourth-order valence-electron chi connectivity index (χ4n) is 4.78. The number of carbonyl (C=O) groups is 1. The molecule has 7 heteroatoms. The summed E-state index contributed by atoms with van der Waals surface area (Å²) in [6.45, 7) is 8.38. The van der Waals surface area contributed by atoms with Gasteiger partial charge < -0.3 is 15.1 Å². The Morgan fingerprint density at radius 2 is 1.70 bits per heavy atom. The second-order valence-electron chi connectivity index (χ2n) is 8.92. The molecule has 1 unspecified atom stereocenters. The summed E-state index contributed by atoms with van der Waals surface area (Å²) in [7, 11) is 1.86. The van der Waals surface area contributed by atoms with Gasteiger partial charge in [0, 0.05) is 63.3 Å². The van der Waals surface area contributed by atoms with Crippen molar-refractivity contribution in [3.05, 3.63) is 34.9 Å². The van der Waals surface area contributed by atoms with Gasteiger partial charge in [-0.05, 0) is 50.3 Å². The van der Waals surface area contributed by atoms with E-state index in [-0.39, 0.29) is 11.5 Å². The van der Waals surface area contributed by atoms with Crippen LogP contribution in [-0.4, -0.2) is 85.5 Å². The second-order valence-corrected chi connectivity index (χ2v) is 9.36. The summed E-state index contributed by atoms with van der Waals surface area (Å²) in [5, 5.41) is 4.40. The van der Waals surface area contributed by atoms with Crippen LogP contribution in [-0.2, 0) is 10.2 Å². The molecule has 1 aromatic carbocycles. The largest absolute Gasteiger partial charge is 0.355 e. The van der Waals surface area contributed by atoms with Gasteiger partial charge in [-0.2, -0.15) is 0 Å². The standard InChI is InChI=1S/C23H34ClN5O/c1-18(21(30)28-11-3-4-12-28)27-13-15-29(16-14-27)22(25-2)26-17-23(9-10-23)19-5-7-20(24)8-6-19/h5-8,18H,3-4,9-17H2,1-2H3,(H,25,26). The third-order valence-corrected chi connectivity index (χ3v) is 7.30. The Morgan fingerprint density at radius 3 is 2.27 bits per heavy atom. The van der Waals surface area contributed by atoms with Crippen LogP contribution < -0.4 is 5.32 Å². The minimum Gasteiger partial charge on any atom is -0.355 e. The minimum absolute atomic E-state index is 0.0279. The molecule has 1 saturated carbocycles. The number of aliphatic imine (C=N–C) groups is 1. The minimum atomic E-state index is -0.0279. The van der Waals surface area contributed by atoms with Crippen LogP contribution in [0.25, 0.3) is 0 Å². The summed E-state index contributed by atoms with van der Waals surface area (Å²) >= 11 is 6.05. The molecule has 164 valence electrons. The van der Waals surface area contributed by atoms with Crippen molar-refractivity contribution < 1.29 is 4.79 Å². The van der Waals surface area contributed by atoms with Gasteiger partial charge in [0.15, 0.2) is 5.96 Å². The number of likely N-dealkylation sites (tertiary alicyclic amines) is 1. The first-order valence-electron chi connectivity index (χ1n) is 11.3. The highest BCUT2D eigenvalue weighted by molar-refractivity contribution is 6.30. The first-order chi connectivity index (χ1) is 14.5. The molecule has 1 aromatic rings. The quantitative estimate of drug-likeness (QED) is 0.575. The van der Waals surface area contributed by atoms with Crippen molar-refractivity contribution in [3.8, 4) is 0 Å². The van der Waals surface area contributed by atoms with E-state index in [1.54, 1.807) is 0 Å². The van der Waals surface area contributed by atoms with E-state index in [0.717, 1.165) is 69.6 Å². The molecule has 1 aliphatic carbocycles. The fourth-order valence-corrected chi connectivity index (χ4v) is 4.91. The summed E-state index contributed by atoms with van der Waals surface area (Å²) < 4.78 is 0. The van der Waals surface area contributed by atoms with Crippen LogP contribution >= 0.6 is 11.6 Å². The lowest BCUT2D eigenvalue weighted by atomic mass is 9.96. The van der Waals surface area contributed by atoms with Crippen molar-refractivity contribution in [2.45, 2.75) is 44.1 Å². The molecule has 1 amide bonds. The molecular formula is C23H34ClN5O. The molecule has 0 spiro atoms. The number of hydrogen-bond donors (Lipinski definition) is 1. The number of halogens is 1. The third-order valence-electron chi connectivity index (χ3n) is 7.04. The molecule has 2 aliphatic heterocycles. The average molecular weight is 432 g/mol. The lowest BCUT2D eigenvalue weighted by molar-refractivity contribution is -0.135. The van der Waals surface area contributed by atoms with Gasteiger partial charge >= 0.3 is 0 Å². The molecule has 2 heterocycles. The van der Waals surface area contributed by atoms with Crippen molar-refractivity contribution >= 4 is 23.5 Å². The van der Waals surface area contributed by atoms with Gasteiger partial charge in [0.05, 0.1) is 6.04 Å². The first-order valence-corrected chi connectivity index (χ1v) is 11.6. The molecule has 1 N–H and O–H groups in total. The van der Waals surface area contributed by atoms with Gasteiger partial charge in [0.1, 0.15) is 0 Å². The van der Waals surface area contributed by atoms with Crippen molar-refractivity contribution in [3.63, 3.8) is 0 Å². The lowest BCUT2D eigenvalue weighted by Gasteiger charge is -2.39. The Morgan fingerprint density at radius 1 is 1.07 bits per heavy atom. The van der Waals surface area contributed by atoms with Gasteiger partial charge in [-0.15, -0.1) is 0 Å². The van der Waals surface area contributed by atoms with Crippen LogP contribution in [0.3, 0.4) is 0 Å². The number of nitrogens with zero attached hydrogens (tertiary/aromatic N) is 4. The second kappa shape index (κ2) is 9.15. The Labute approximate surface area is 185 Å². The number of rotatable bonds is 5. The van der Waals surface area contributed by atoms with Gasteiger partial charge in [0.2, 0.25) is 5.91 Å². The Hall–Kier alpha value is -1.79. The number of hydrogen-bond acceptors (Lipinski definition) is 3. The van der Waals surface area contributed by atoms with Crippen LogP contribution in [0.4, 0.5) is 0 Å². The predicted octanol–water partition coefficient (Wildman–Crippen LogP) is 2.58. The predicted molar refractivity (Wildman–Crippen MR) is 122 cm³/mol. The third kappa shape index (κ3) is 4.59. The zero-order valence-electron chi connectivity index (χ0n) is 18.2. The lowest BCUT2D eigenvalue weighted by Crippen LogP contribution is -2.57. The topological polar surface area (TPSA) is 51.2 Å². The Balaban J connectivity index is 1.28. The van der Waals surface area contributed by atoms with E-state index in [1.807, 2.05) is 24.1 Å². The number of nitrogens with one attached hydrogen (secondary N) is 1. The highest BCUT2D eigenvalue weighted by Gasteiger charge is 2.44. The molecule has 0 aromatic heterocycles. The van der Waals surface area contributed by atoms with Crippen LogP contribution in [0.15, 0.2) is 29.3 Å². The summed E-state index contributed by atoms with van der Waals surface area (Å²) in [6, 6.07) is 8.24. The van der Waals surface area contributed by atoms with Gasteiger partial charge in [0.25, 0.3) is 0 Å². The molecule has 30 heavy (non-hydrogen) atoms. The Bertz CT molecular complexity index is 762. The van der Waals surface area contributed by atoms with Crippen LogP contribution in [0, 0.1) is 0 Å². The van der Waals surface area contributed by atoms with Crippen LogP contribution in [0.2, 0.25) is 5.02 Å². The maximum absolute atomic E-state index is 12.7. The SMILES string of the molecule is CN=C(NCC1(c2ccc(Cl)cc2)CC1)N1CCN(C(C)C(=O)N2CCCC2)CC1. The van der Waals surface area contributed by atoms with E-state index >= 15 is 0 Å². The van der Waals surface area contributed by atoms with E-state index < -0.39 is 0 Å². The number of guanidine groups is 1. The number of carbonyl (C=O) groups excluding carboxylic acids is 1. The normalized spacial score (nSPS) is 22.8. The van der Waals surface area contributed by atoms with Gasteiger partial charge in [-0.3, -0.25) is 14.7 Å². The molecule has 4 rings (SSSR count). The summed E-state index contributed by atoms with van der Waals surface area (Å²) in [4.78, 5) is 23.9. The first kappa shape index (κ1) is 21.4. The van der Waals surface area contributed by atoms with Gasteiger partial charge in [-0.25, -0.2) is 0 Å². The monoisotopic (exact) mass is 431 g/mol. The number of benzene rings is 1. The van der Waals surface area contributed by atoms with Gasteiger partial charge in [-0.1, -0.05) is 23.7 Å². The number of amides is 1. The van der Waals surface area contributed by atoms with Crippen molar-refractivity contribution in [2.24, 2.45) is 4.99 Å². The zero-order chi connectivity index (χ0) is 21.1. The van der Waals surface area contributed by atoms with E-state index in [1.165, 1.54) is 18.4 Å². The van der Waals surface area contributed by atoms with Crippen molar-refractivity contribution in [2.75, 3.05) is 52.9 Å². The molecule has 0 bridgehead atoms. The molecule has 2 saturated heterocycles. The molecule has 6 nitrogen and oxygen atoms in total. The molecular weight excluding hydrogens is 398 g/mol. The zero-order valence-corrected chi connectivity index (χ0v) is 19.0. The average Bonchev–Trinajstić information content (AvgIpc) is 3.36. The van der Waals surface area contributed by atoms with Crippen molar-refractivity contribution in [1.29, 1.82) is 0 Å². The Kier molecular flexibility index (Phi) is 6.54. The van der Waals surface area contributed by atoms with E-state index in [4.69, 9.17) is 11.6 Å². The number of piperazine rings is 1. The molecule has 3 aliphatic rings. The highest BCUT2D eigenvalue weighted by atomic mass is 35.5. The molecule has 0 radical (unpaired) electrons. The summed E-state index contributed by atoms with van der Waals surface area (Å²) in [6.07, 6.45) is 4.68. The van der Waals surface area contributed by atoms with E-state index in [2.05, 4.69) is 39.2 Å². The highest BCUT2D eigenvalue weighted by Crippen LogP contribution is 2.47. The van der Waals surface area contributed by atoms with Crippen LogP contribution in [0.1, 0.15) is 38.2 Å². The van der Waals surface area contributed by atoms with Crippen molar-refractivity contribution in [1.82, 2.24) is 20.0 Å². The summed E-state index contributed by atoms with van der Waals surface area (Å²) in [5.74, 6) is 1.26. The molecule has 1 atom stereocenters. The maximum Gasteiger partial charge on any atom is 0.239 e. The van der Waals surface area contributed by atoms with E-state index in [9.17, 15) is 4.79 Å². The summed E-state index contributed by atoms with van der Waals surface area (Å²) in [5.41, 5.74) is 1.56. The van der Waals surface area contributed by atoms with E-state index in [0.29, 0.717) is 5.91 Å². The maximum atomic E-state index is 12.7. The fraction of sp³-hybridized carbons (Fsp3) is 0.652. The smallest absolute Gasteiger partial charge is 0.239 e. The van der Waals surface area contributed by atoms with Crippen LogP contribution in [0.5, 0.6) is 0 Å². The molecule has 3 fully saturated rings.